The smallest absolute Gasteiger partial charge is 0.352 e. The zero-order chi connectivity index (χ0) is 22.0. The summed E-state index contributed by atoms with van der Waals surface area (Å²) in [4.78, 5) is 28.4. The van der Waals surface area contributed by atoms with E-state index in [9.17, 15) is 22.8 Å². The average molecular weight is 446 g/mol. The standard InChI is InChI=1S/C23H21F3N2O2S/c24-23(25,26)16-11-9-15(10-12-16)13-20-22(30)28(18-7-3-4-8-19(18)31-20)14-21(29)27-17-5-1-2-6-17/h3-4,7-13,17H,1-2,5-6,14H2,(H,27,29). The molecule has 1 fully saturated rings. The number of thioether (sulfide) groups is 1. The molecular formula is C23H21F3N2O2S. The van der Waals surface area contributed by atoms with Gasteiger partial charge < -0.3 is 5.32 Å². The first-order valence-electron chi connectivity index (χ1n) is 10.1. The lowest BCUT2D eigenvalue weighted by atomic mass is 10.1. The Morgan fingerprint density at radius 1 is 1.10 bits per heavy atom. The number of nitrogens with zero attached hydrogens (tertiary/aromatic N) is 1. The van der Waals surface area contributed by atoms with Crippen molar-refractivity contribution in [2.75, 3.05) is 11.4 Å². The number of alkyl halides is 3. The normalized spacial score (nSPS) is 18.4. The second-order valence-corrected chi connectivity index (χ2v) is 8.72. The van der Waals surface area contributed by atoms with Crippen molar-refractivity contribution in [1.29, 1.82) is 0 Å². The predicted octanol–water partition coefficient (Wildman–Crippen LogP) is 5.24. The Balaban J connectivity index is 1.58. The molecular weight excluding hydrogens is 425 g/mol. The molecule has 2 aromatic carbocycles. The fraction of sp³-hybridized carbons (Fsp3) is 0.304. The van der Waals surface area contributed by atoms with Crippen LogP contribution in [0.2, 0.25) is 0 Å². The third-order valence-electron chi connectivity index (χ3n) is 5.39. The van der Waals surface area contributed by atoms with Crippen LogP contribution < -0.4 is 10.2 Å². The summed E-state index contributed by atoms with van der Waals surface area (Å²) in [5.74, 6) is -0.555. The summed E-state index contributed by atoms with van der Waals surface area (Å²) < 4.78 is 38.4. The lowest BCUT2D eigenvalue weighted by Gasteiger charge is -2.30. The summed E-state index contributed by atoms with van der Waals surface area (Å²) in [5.41, 5.74) is 0.398. The van der Waals surface area contributed by atoms with Gasteiger partial charge in [0.05, 0.1) is 16.2 Å². The number of halogens is 3. The Morgan fingerprint density at radius 2 is 1.77 bits per heavy atom. The third kappa shape index (κ3) is 4.95. The van der Waals surface area contributed by atoms with Crippen LogP contribution in [-0.2, 0) is 15.8 Å². The van der Waals surface area contributed by atoms with Crippen molar-refractivity contribution in [3.05, 3.63) is 64.6 Å². The molecule has 0 spiro atoms. The van der Waals surface area contributed by atoms with Crippen LogP contribution in [0.4, 0.5) is 18.9 Å². The molecule has 31 heavy (non-hydrogen) atoms. The van der Waals surface area contributed by atoms with Crippen LogP contribution in [0.15, 0.2) is 58.3 Å². The number of para-hydroxylation sites is 1. The van der Waals surface area contributed by atoms with Crippen molar-refractivity contribution in [3.63, 3.8) is 0 Å². The van der Waals surface area contributed by atoms with E-state index in [4.69, 9.17) is 0 Å². The number of rotatable bonds is 4. The second kappa shape index (κ2) is 8.78. The molecule has 4 rings (SSSR count). The molecule has 1 N–H and O–H groups in total. The molecule has 1 heterocycles. The molecule has 0 atom stereocenters. The first-order valence-corrected chi connectivity index (χ1v) is 10.9. The second-order valence-electron chi connectivity index (χ2n) is 7.64. The predicted molar refractivity (Wildman–Crippen MR) is 114 cm³/mol. The highest BCUT2D eigenvalue weighted by Crippen LogP contribution is 2.42. The molecule has 1 aliphatic heterocycles. The maximum atomic E-state index is 13.2. The molecule has 8 heteroatoms. The lowest BCUT2D eigenvalue weighted by molar-refractivity contribution is -0.137. The Bertz CT molecular complexity index is 1010. The summed E-state index contributed by atoms with van der Waals surface area (Å²) in [6.07, 6.45) is 1.23. The van der Waals surface area contributed by atoms with Gasteiger partial charge in [0.1, 0.15) is 6.54 Å². The van der Waals surface area contributed by atoms with Crippen molar-refractivity contribution < 1.29 is 22.8 Å². The molecule has 0 aromatic heterocycles. The number of carbonyl (C=O) groups excluding carboxylic acids is 2. The van der Waals surface area contributed by atoms with E-state index in [0.717, 1.165) is 42.7 Å². The van der Waals surface area contributed by atoms with Gasteiger partial charge in [0.2, 0.25) is 5.91 Å². The number of nitrogens with one attached hydrogen (secondary N) is 1. The Kier molecular flexibility index (Phi) is 6.09. The molecule has 1 saturated carbocycles. The molecule has 2 aromatic rings. The highest BCUT2D eigenvalue weighted by atomic mass is 32.2. The zero-order valence-corrected chi connectivity index (χ0v) is 17.4. The first-order chi connectivity index (χ1) is 14.8. The highest BCUT2D eigenvalue weighted by Gasteiger charge is 2.32. The van der Waals surface area contributed by atoms with E-state index >= 15 is 0 Å². The van der Waals surface area contributed by atoms with E-state index in [1.165, 1.54) is 28.8 Å². The van der Waals surface area contributed by atoms with E-state index in [1.807, 2.05) is 12.1 Å². The Hall–Kier alpha value is -2.74. The fourth-order valence-corrected chi connectivity index (χ4v) is 4.88. The number of hydrogen-bond donors (Lipinski definition) is 1. The summed E-state index contributed by atoms with van der Waals surface area (Å²) in [5, 5.41) is 3.00. The van der Waals surface area contributed by atoms with E-state index in [0.29, 0.717) is 16.2 Å². The first kappa shape index (κ1) is 21.5. The highest BCUT2D eigenvalue weighted by molar-refractivity contribution is 8.04. The maximum absolute atomic E-state index is 13.2. The van der Waals surface area contributed by atoms with Gasteiger partial charge in [-0.2, -0.15) is 13.2 Å². The maximum Gasteiger partial charge on any atom is 0.416 e. The van der Waals surface area contributed by atoms with Gasteiger partial charge in [0.25, 0.3) is 5.91 Å². The van der Waals surface area contributed by atoms with Crippen LogP contribution in [0, 0.1) is 0 Å². The van der Waals surface area contributed by atoms with Gasteiger partial charge in [-0.25, -0.2) is 0 Å². The summed E-state index contributed by atoms with van der Waals surface area (Å²) >= 11 is 1.25. The number of anilines is 1. The van der Waals surface area contributed by atoms with Gasteiger partial charge in [-0.3, -0.25) is 14.5 Å². The average Bonchev–Trinajstić information content (AvgIpc) is 3.24. The van der Waals surface area contributed by atoms with Crippen molar-refractivity contribution in [1.82, 2.24) is 5.32 Å². The molecule has 0 saturated heterocycles. The molecule has 4 nitrogen and oxygen atoms in total. The summed E-state index contributed by atoms with van der Waals surface area (Å²) in [6, 6.07) is 12.1. The topological polar surface area (TPSA) is 49.4 Å². The molecule has 1 aliphatic carbocycles. The van der Waals surface area contributed by atoms with Crippen LogP contribution in [0.5, 0.6) is 0 Å². The minimum absolute atomic E-state index is 0.0999. The Labute approximate surface area is 182 Å². The van der Waals surface area contributed by atoms with Crippen LogP contribution in [0.25, 0.3) is 6.08 Å². The van der Waals surface area contributed by atoms with Crippen molar-refractivity contribution in [3.8, 4) is 0 Å². The van der Waals surface area contributed by atoms with Crippen LogP contribution in [0.3, 0.4) is 0 Å². The van der Waals surface area contributed by atoms with E-state index in [1.54, 1.807) is 18.2 Å². The molecule has 0 radical (unpaired) electrons. The number of hydrogen-bond acceptors (Lipinski definition) is 3. The van der Waals surface area contributed by atoms with Crippen molar-refractivity contribution >= 4 is 35.3 Å². The number of amides is 2. The monoisotopic (exact) mass is 446 g/mol. The molecule has 162 valence electrons. The van der Waals surface area contributed by atoms with E-state index < -0.39 is 11.7 Å². The van der Waals surface area contributed by atoms with Gasteiger partial charge >= 0.3 is 6.18 Å². The lowest BCUT2D eigenvalue weighted by Crippen LogP contribution is -2.45. The third-order valence-corrected chi connectivity index (χ3v) is 6.47. The van der Waals surface area contributed by atoms with Crippen molar-refractivity contribution in [2.45, 2.75) is 42.8 Å². The van der Waals surface area contributed by atoms with Crippen molar-refractivity contribution in [2.24, 2.45) is 0 Å². The molecule has 2 aliphatic rings. The van der Waals surface area contributed by atoms with E-state index in [2.05, 4.69) is 5.32 Å². The number of benzene rings is 2. The largest absolute Gasteiger partial charge is 0.416 e. The van der Waals surface area contributed by atoms with Gasteiger partial charge in [-0.05, 0) is 48.7 Å². The van der Waals surface area contributed by atoms with Crippen LogP contribution >= 0.6 is 11.8 Å². The minimum Gasteiger partial charge on any atom is -0.352 e. The number of carbonyl (C=O) groups is 2. The van der Waals surface area contributed by atoms with E-state index in [-0.39, 0.29) is 24.4 Å². The van der Waals surface area contributed by atoms with Crippen LogP contribution in [0.1, 0.15) is 36.8 Å². The quantitative estimate of drug-likeness (QED) is 0.653. The molecule has 0 bridgehead atoms. The molecule has 0 unspecified atom stereocenters. The molecule has 2 amide bonds. The summed E-state index contributed by atoms with van der Waals surface area (Å²) in [7, 11) is 0. The minimum atomic E-state index is -4.41. The summed E-state index contributed by atoms with van der Waals surface area (Å²) in [6.45, 7) is -0.0999. The van der Waals surface area contributed by atoms with Gasteiger partial charge in [0, 0.05) is 10.9 Å². The Morgan fingerprint density at radius 3 is 2.45 bits per heavy atom. The zero-order valence-electron chi connectivity index (χ0n) is 16.6. The SMILES string of the molecule is O=C(CN1C(=O)C(=Cc2ccc(C(F)(F)F)cc2)Sc2ccccc21)NC1CCCC1. The number of fused-ring (bicyclic) bond motifs is 1. The van der Waals surface area contributed by atoms with Gasteiger partial charge in [-0.15, -0.1) is 0 Å². The van der Waals surface area contributed by atoms with Gasteiger partial charge in [-0.1, -0.05) is 48.9 Å². The van der Waals surface area contributed by atoms with Gasteiger partial charge in [0.15, 0.2) is 0 Å². The fourth-order valence-electron chi connectivity index (χ4n) is 3.83. The van der Waals surface area contributed by atoms with Crippen LogP contribution in [-0.4, -0.2) is 24.4 Å².